The third-order valence-electron chi connectivity index (χ3n) is 2.32. The van der Waals surface area contributed by atoms with Crippen LogP contribution in [0.25, 0.3) is 0 Å². The summed E-state index contributed by atoms with van der Waals surface area (Å²) in [6.07, 6.45) is 0.892. The number of fused-ring (bicyclic) bond motifs is 1. The molecule has 0 aromatic heterocycles. The molecule has 0 N–H and O–H groups in total. The fourth-order valence-electron chi connectivity index (χ4n) is 1.64. The van der Waals surface area contributed by atoms with Gasteiger partial charge in [-0.1, -0.05) is 0 Å². The Morgan fingerprint density at radius 1 is 1.27 bits per heavy atom. The SMILES string of the molecule is COc1c(C)cc(Br)c2c1OCCCO2. The number of methoxy groups -OCH3 is 1. The highest BCUT2D eigenvalue weighted by atomic mass is 79.9. The van der Waals surface area contributed by atoms with Crippen LogP contribution >= 0.6 is 15.9 Å². The van der Waals surface area contributed by atoms with Crippen molar-refractivity contribution in [2.45, 2.75) is 13.3 Å². The molecule has 2 rings (SSSR count). The summed E-state index contributed by atoms with van der Waals surface area (Å²) in [4.78, 5) is 0. The van der Waals surface area contributed by atoms with Gasteiger partial charge in [-0.3, -0.25) is 0 Å². The second-order valence-electron chi connectivity index (χ2n) is 3.42. The molecular weight excluding hydrogens is 260 g/mol. The molecule has 0 saturated heterocycles. The lowest BCUT2D eigenvalue weighted by molar-refractivity contribution is 0.289. The highest BCUT2D eigenvalue weighted by Gasteiger charge is 2.20. The predicted molar refractivity (Wildman–Crippen MR) is 61.0 cm³/mol. The summed E-state index contributed by atoms with van der Waals surface area (Å²) in [5.74, 6) is 2.21. The number of halogens is 1. The highest BCUT2D eigenvalue weighted by molar-refractivity contribution is 9.10. The van der Waals surface area contributed by atoms with Crippen LogP contribution in [0.2, 0.25) is 0 Å². The maximum atomic E-state index is 5.65. The Hall–Kier alpha value is -0.900. The van der Waals surface area contributed by atoms with Gasteiger partial charge in [-0.25, -0.2) is 0 Å². The zero-order valence-electron chi connectivity index (χ0n) is 8.80. The van der Waals surface area contributed by atoms with E-state index in [9.17, 15) is 0 Å². The number of rotatable bonds is 1. The van der Waals surface area contributed by atoms with Gasteiger partial charge in [0.2, 0.25) is 5.75 Å². The molecule has 3 nitrogen and oxygen atoms in total. The molecule has 4 heteroatoms. The molecule has 0 fully saturated rings. The number of ether oxygens (including phenoxy) is 3. The first kappa shape index (κ1) is 10.6. The molecule has 1 aromatic rings. The molecule has 0 unspecified atom stereocenters. The second kappa shape index (κ2) is 4.31. The van der Waals surface area contributed by atoms with Gasteiger partial charge in [-0.2, -0.15) is 0 Å². The van der Waals surface area contributed by atoms with E-state index in [0.717, 1.165) is 28.0 Å². The minimum absolute atomic E-state index is 0.666. The van der Waals surface area contributed by atoms with Gasteiger partial charge in [0.05, 0.1) is 24.8 Å². The predicted octanol–water partition coefficient (Wildman–Crippen LogP) is 2.93. The first-order valence-corrected chi connectivity index (χ1v) is 5.66. The average Bonchev–Trinajstić information content (AvgIpc) is 2.44. The van der Waals surface area contributed by atoms with E-state index < -0.39 is 0 Å². The van der Waals surface area contributed by atoms with E-state index in [0.29, 0.717) is 19.0 Å². The smallest absolute Gasteiger partial charge is 0.205 e. The normalized spacial score (nSPS) is 14.6. The monoisotopic (exact) mass is 272 g/mol. The van der Waals surface area contributed by atoms with Gasteiger partial charge in [0.25, 0.3) is 0 Å². The van der Waals surface area contributed by atoms with Gasteiger partial charge in [0.15, 0.2) is 11.5 Å². The fourth-order valence-corrected chi connectivity index (χ4v) is 2.28. The van der Waals surface area contributed by atoms with Crippen LogP contribution in [0.15, 0.2) is 10.5 Å². The van der Waals surface area contributed by atoms with Crippen molar-refractivity contribution in [2.75, 3.05) is 20.3 Å². The van der Waals surface area contributed by atoms with Gasteiger partial charge >= 0.3 is 0 Å². The number of aryl methyl sites for hydroxylation is 1. The number of hydrogen-bond donors (Lipinski definition) is 0. The topological polar surface area (TPSA) is 27.7 Å². The zero-order valence-corrected chi connectivity index (χ0v) is 10.4. The van der Waals surface area contributed by atoms with E-state index in [1.165, 1.54) is 0 Å². The molecule has 0 aliphatic carbocycles. The standard InChI is InChI=1S/C11H13BrO3/c1-7-6-8(12)10-11(9(7)13-2)15-5-3-4-14-10/h6H,3-5H2,1-2H3. The van der Waals surface area contributed by atoms with Crippen LogP contribution in [0.3, 0.4) is 0 Å². The molecular formula is C11H13BrO3. The summed E-state index contributed by atoms with van der Waals surface area (Å²) in [6.45, 7) is 3.33. The van der Waals surface area contributed by atoms with E-state index in [4.69, 9.17) is 14.2 Å². The van der Waals surface area contributed by atoms with Crippen molar-refractivity contribution in [1.82, 2.24) is 0 Å². The van der Waals surface area contributed by atoms with E-state index in [2.05, 4.69) is 15.9 Å². The quantitative estimate of drug-likeness (QED) is 0.787. The van der Waals surface area contributed by atoms with Crippen LogP contribution < -0.4 is 14.2 Å². The molecule has 0 spiro atoms. The molecule has 1 aliphatic heterocycles. The summed E-state index contributed by atoms with van der Waals surface area (Å²) in [5, 5.41) is 0. The summed E-state index contributed by atoms with van der Waals surface area (Å²) in [5.41, 5.74) is 1.04. The van der Waals surface area contributed by atoms with Crippen LogP contribution in [0.4, 0.5) is 0 Å². The van der Waals surface area contributed by atoms with Crippen molar-refractivity contribution in [2.24, 2.45) is 0 Å². The van der Waals surface area contributed by atoms with E-state index >= 15 is 0 Å². The fraction of sp³-hybridized carbons (Fsp3) is 0.455. The maximum absolute atomic E-state index is 5.65. The van der Waals surface area contributed by atoms with Crippen LogP contribution in [0, 0.1) is 6.92 Å². The van der Waals surface area contributed by atoms with Crippen molar-refractivity contribution in [3.63, 3.8) is 0 Å². The first-order valence-electron chi connectivity index (χ1n) is 4.86. The van der Waals surface area contributed by atoms with Crippen molar-refractivity contribution in [1.29, 1.82) is 0 Å². The largest absolute Gasteiger partial charge is 0.492 e. The summed E-state index contributed by atoms with van der Waals surface area (Å²) < 4.78 is 17.5. The molecule has 1 heterocycles. The number of hydrogen-bond acceptors (Lipinski definition) is 3. The van der Waals surface area contributed by atoms with Gasteiger partial charge in [0.1, 0.15) is 0 Å². The Morgan fingerprint density at radius 3 is 2.60 bits per heavy atom. The Balaban J connectivity index is 2.57. The minimum Gasteiger partial charge on any atom is -0.492 e. The third-order valence-corrected chi connectivity index (χ3v) is 2.91. The first-order chi connectivity index (χ1) is 7.24. The van der Waals surface area contributed by atoms with Gasteiger partial charge < -0.3 is 14.2 Å². The van der Waals surface area contributed by atoms with Crippen LogP contribution in [-0.2, 0) is 0 Å². The second-order valence-corrected chi connectivity index (χ2v) is 4.27. The maximum Gasteiger partial charge on any atom is 0.205 e. The third kappa shape index (κ3) is 1.91. The average molecular weight is 273 g/mol. The lowest BCUT2D eigenvalue weighted by atomic mass is 10.2. The lowest BCUT2D eigenvalue weighted by Gasteiger charge is -2.15. The van der Waals surface area contributed by atoms with E-state index in [-0.39, 0.29) is 0 Å². The minimum atomic E-state index is 0.666. The molecule has 82 valence electrons. The van der Waals surface area contributed by atoms with Crippen molar-refractivity contribution < 1.29 is 14.2 Å². The molecule has 0 amide bonds. The molecule has 15 heavy (non-hydrogen) atoms. The Morgan fingerprint density at radius 2 is 1.93 bits per heavy atom. The zero-order chi connectivity index (χ0) is 10.8. The van der Waals surface area contributed by atoms with E-state index in [1.807, 2.05) is 13.0 Å². The van der Waals surface area contributed by atoms with Crippen molar-refractivity contribution in [3.8, 4) is 17.2 Å². The van der Waals surface area contributed by atoms with E-state index in [1.54, 1.807) is 7.11 Å². The summed E-state index contributed by atoms with van der Waals surface area (Å²) in [6, 6.07) is 1.98. The lowest BCUT2D eigenvalue weighted by Crippen LogP contribution is -1.98. The van der Waals surface area contributed by atoms with Gasteiger partial charge in [0, 0.05) is 6.42 Å². The summed E-state index contributed by atoms with van der Waals surface area (Å²) >= 11 is 3.47. The Bertz CT molecular complexity index is 377. The molecule has 0 atom stereocenters. The van der Waals surface area contributed by atoms with Crippen molar-refractivity contribution >= 4 is 15.9 Å². The number of benzene rings is 1. The highest BCUT2D eigenvalue weighted by Crippen LogP contribution is 2.45. The molecule has 0 radical (unpaired) electrons. The molecule has 0 bridgehead atoms. The molecule has 0 saturated carbocycles. The summed E-state index contributed by atoms with van der Waals surface area (Å²) in [7, 11) is 1.64. The Kier molecular flexibility index (Phi) is 3.05. The Labute approximate surface area is 97.5 Å². The van der Waals surface area contributed by atoms with Crippen LogP contribution in [-0.4, -0.2) is 20.3 Å². The molecule has 1 aliphatic rings. The van der Waals surface area contributed by atoms with Crippen LogP contribution in [0.1, 0.15) is 12.0 Å². The van der Waals surface area contributed by atoms with Crippen molar-refractivity contribution in [3.05, 3.63) is 16.1 Å². The van der Waals surface area contributed by atoms with Gasteiger partial charge in [-0.05, 0) is 34.5 Å². The van der Waals surface area contributed by atoms with Gasteiger partial charge in [-0.15, -0.1) is 0 Å². The molecule has 1 aromatic carbocycles. The van der Waals surface area contributed by atoms with Crippen LogP contribution in [0.5, 0.6) is 17.2 Å².